The quantitative estimate of drug-likeness (QED) is 0.622. The first-order valence-electron chi connectivity index (χ1n) is 10.5. The number of fused-ring (bicyclic) bond motifs is 1. The van der Waals surface area contributed by atoms with Crippen LogP contribution in [0.3, 0.4) is 0 Å². The highest BCUT2D eigenvalue weighted by Gasteiger charge is 2.30. The Balaban J connectivity index is 1.25. The third-order valence-electron chi connectivity index (χ3n) is 5.70. The average molecular weight is 425 g/mol. The fourth-order valence-electron chi connectivity index (χ4n) is 3.74. The summed E-state index contributed by atoms with van der Waals surface area (Å²) in [4.78, 5) is 25.3. The summed E-state index contributed by atoms with van der Waals surface area (Å²) in [5.74, 6) is 0.843. The highest BCUT2D eigenvalue weighted by atomic mass is 32.1. The van der Waals surface area contributed by atoms with Gasteiger partial charge in [-0.1, -0.05) is 30.2 Å². The number of benzene rings is 1. The van der Waals surface area contributed by atoms with Gasteiger partial charge < -0.3 is 15.2 Å². The standard InChI is InChI=1S/C22H24N4O3S/c27-17-3-1-2-4-18(17)29-12-20-23-10-15(11-24-20)14-7-8-16-19(9-14)30-22(25-16)26-21(28)13-5-6-13/h7-11,13,17-18,27H,1-6,12H2,(H,25,26,28)/t17-,18-/m0/s1. The number of ether oxygens (including phenoxy) is 1. The van der Waals surface area contributed by atoms with Crippen molar-refractivity contribution >= 4 is 32.6 Å². The second kappa shape index (κ2) is 8.37. The van der Waals surface area contributed by atoms with Gasteiger partial charge >= 0.3 is 0 Å². The SMILES string of the molecule is O=C(Nc1nc2ccc(-c3cnc(CO[C@H]4CCCC[C@@H]4O)nc3)cc2s1)C1CC1. The molecule has 2 atom stereocenters. The number of carbonyl (C=O) groups excluding carboxylic acids is 1. The van der Waals surface area contributed by atoms with E-state index in [0.717, 1.165) is 59.9 Å². The first-order chi connectivity index (χ1) is 14.7. The minimum atomic E-state index is -0.386. The summed E-state index contributed by atoms with van der Waals surface area (Å²) in [6.45, 7) is 0.305. The number of carbonyl (C=O) groups is 1. The fraction of sp³-hybridized carbons (Fsp3) is 0.455. The fourth-order valence-corrected chi connectivity index (χ4v) is 4.65. The lowest BCUT2D eigenvalue weighted by Crippen LogP contribution is -2.32. The van der Waals surface area contributed by atoms with Gasteiger partial charge in [-0.2, -0.15) is 0 Å². The third-order valence-corrected chi connectivity index (χ3v) is 6.63. The monoisotopic (exact) mass is 424 g/mol. The van der Waals surface area contributed by atoms with Crippen molar-refractivity contribution in [3.63, 3.8) is 0 Å². The number of hydrogen-bond donors (Lipinski definition) is 2. The Morgan fingerprint density at radius 3 is 2.70 bits per heavy atom. The number of nitrogens with zero attached hydrogens (tertiary/aromatic N) is 3. The molecule has 2 aliphatic carbocycles. The van der Waals surface area contributed by atoms with Crippen molar-refractivity contribution < 1.29 is 14.6 Å². The van der Waals surface area contributed by atoms with Gasteiger partial charge in [0.15, 0.2) is 11.0 Å². The second-order valence-electron chi connectivity index (χ2n) is 8.05. The zero-order chi connectivity index (χ0) is 20.5. The molecule has 5 rings (SSSR count). The first-order valence-corrected chi connectivity index (χ1v) is 11.3. The molecule has 1 amide bonds. The summed E-state index contributed by atoms with van der Waals surface area (Å²) >= 11 is 1.48. The molecule has 2 fully saturated rings. The van der Waals surface area contributed by atoms with E-state index in [1.165, 1.54) is 11.3 Å². The number of hydrogen-bond acceptors (Lipinski definition) is 7. The smallest absolute Gasteiger partial charge is 0.229 e. The molecule has 8 heteroatoms. The normalized spacial score (nSPS) is 21.6. The summed E-state index contributed by atoms with van der Waals surface area (Å²) in [6, 6.07) is 5.99. The lowest BCUT2D eigenvalue weighted by atomic mass is 9.95. The average Bonchev–Trinajstić information content (AvgIpc) is 3.54. The van der Waals surface area contributed by atoms with Crippen LogP contribution < -0.4 is 5.32 Å². The Morgan fingerprint density at radius 1 is 1.13 bits per heavy atom. The number of amides is 1. The van der Waals surface area contributed by atoms with Gasteiger partial charge in [0.2, 0.25) is 5.91 Å². The summed E-state index contributed by atoms with van der Waals surface area (Å²) in [5.41, 5.74) is 2.78. The summed E-state index contributed by atoms with van der Waals surface area (Å²) in [5, 5.41) is 13.6. The highest BCUT2D eigenvalue weighted by Crippen LogP contribution is 2.33. The van der Waals surface area contributed by atoms with E-state index < -0.39 is 0 Å². The molecule has 2 N–H and O–H groups in total. The van der Waals surface area contributed by atoms with Gasteiger partial charge in [-0.05, 0) is 43.4 Å². The summed E-state index contributed by atoms with van der Waals surface area (Å²) in [6.07, 6.45) is 8.87. The predicted octanol–water partition coefficient (Wildman–Crippen LogP) is 3.92. The topological polar surface area (TPSA) is 97.2 Å². The van der Waals surface area contributed by atoms with Crippen molar-refractivity contribution in [3.8, 4) is 11.1 Å². The van der Waals surface area contributed by atoms with Crippen LogP contribution in [0.1, 0.15) is 44.3 Å². The second-order valence-corrected chi connectivity index (χ2v) is 9.08. The number of aromatic nitrogens is 3. The van der Waals surface area contributed by atoms with Crippen LogP contribution in [0, 0.1) is 5.92 Å². The molecule has 0 aliphatic heterocycles. The summed E-state index contributed by atoms with van der Waals surface area (Å²) < 4.78 is 6.84. The van der Waals surface area contributed by atoms with Gasteiger partial charge in [-0.15, -0.1) is 0 Å². The summed E-state index contributed by atoms with van der Waals surface area (Å²) in [7, 11) is 0. The molecule has 7 nitrogen and oxygen atoms in total. The van der Waals surface area contributed by atoms with Gasteiger partial charge in [0.25, 0.3) is 0 Å². The van der Waals surface area contributed by atoms with Crippen LogP contribution in [0.4, 0.5) is 5.13 Å². The van der Waals surface area contributed by atoms with E-state index in [4.69, 9.17) is 4.74 Å². The number of thiazole rings is 1. The van der Waals surface area contributed by atoms with Crippen LogP contribution in [-0.4, -0.2) is 38.2 Å². The minimum Gasteiger partial charge on any atom is -0.390 e. The molecule has 0 bridgehead atoms. The Hall–Kier alpha value is -2.42. The van der Waals surface area contributed by atoms with Crippen molar-refractivity contribution in [2.24, 2.45) is 5.92 Å². The largest absolute Gasteiger partial charge is 0.390 e. The molecule has 2 aliphatic rings. The zero-order valence-corrected chi connectivity index (χ0v) is 17.4. The van der Waals surface area contributed by atoms with E-state index in [9.17, 15) is 9.90 Å². The molecule has 0 unspecified atom stereocenters. The maximum Gasteiger partial charge on any atom is 0.229 e. The molecule has 0 radical (unpaired) electrons. The molecule has 0 saturated heterocycles. The molecular formula is C22H24N4O3S. The molecule has 2 aromatic heterocycles. The maximum absolute atomic E-state index is 12.0. The molecule has 2 saturated carbocycles. The van der Waals surface area contributed by atoms with E-state index in [-0.39, 0.29) is 24.0 Å². The van der Waals surface area contributed by atoms with Crippen LogP contribution in [-0.2, 0) is 16.1 Å². The number of aliphatic hydroxyl groups is 1. The van der Waals surface area contributed by atoms with Crippen molar-refractivity contribution in [3.05, 3.63) is 36.4 Å². The van der Waals surface area contributed by atoms with Crippen molar-refractivity contribution in [1.82, 2.24) is 15.0 Å². The van der Waals surface area contributed by atoms with Crippen LogP contribution >= 0.6 is 11.3 Å². The minimum absolute atomic E-state index is 0.0706. The van der Waals surface area contributed by atoms with Crippen molar-refractivity contribution in [2.45, 2.75) is 57.3 Å². The van der Waals surface area contributed by atoms with Gasteiger partial charge in [-0.25, -0.2) is 15.0 Å². The van der Waals surface area contributed by atoms with Crippen LogP contribution in [0.25, 0.3) is 21.3 Å². The molecule has 1 aromatic carbocycles. The first kappa shape index (κ1) is 19.5. The van der Waals surface area contributed by atoms with Crippen molar-refractivity contribution in [1.29, 1.82) is 0 Å². The number of anilines is 1. The lowest BCUT2D eigenvalue weighted by Gasteiger charge is -2.27. The van der Waals surface area contributed by atoms with E-state index >= 15 is 0 Å². The van der Waals surface area contributed by atoms with E-state index in [0.29, 0.717) is 17.6 Å². The Labute approximate surface area is 178 Å². The number of rotatable bonds is 6. The number of aliphatic hydroxyl groups excluding tert-OH is 1. The van der Waals surface area contributed by atoms with Crippen LogP contribution in [0.5, 0.6) is 0 Å². The van der Waals surface area contributed by atoms with Gasteiger partial charge in [0.1, 0.15) is 6.61 Å². The van der Waals surface area contributed by atoms with Crippen LogP contribution in [0.2, 0.25) is 0 Å². The number of nitrogens with one attached hydrogen (secondary N) is 1. The van der Waals surface area contributed by atoms with Crippen molar-refractivity contribution in [2.75, 3.05) is 5.32 Å². The Bertz CT molecular complexity index is 1050. The maximum atomic E-state index is 12.0. The Morgan fingerprint density at radius 2 is 1.93 bits per heavy atom. The van der Waals surface area contributed by atoms with E-state index in [1.54, 1.807) is 12.4 Å². The van der Waals surface area contributed by atoms with E-state index in [2.05, 4.69) is 20.3 Å². The Kier molecular flexibility index (Phi) is 5.45. The molecular weight excluding hydrogens is 400 g/mol. The van der Waals surface area contributed by atoms with Gasteiger partial charge in [0.05, 0.1) is 22.4 Å². The van der Waals surface area contributed by atoms with Gasteiger partial charge in [-0.3, -0.25) is 4.79 Å². The third kappa shape index (κ3) is 4.35. The highest BCUT2D eigenvalue weighted by molar-refractivity contribution is 7.22. The zero-order valence-electron chi connectivity index (χ0n) is 16.6. The lowest BCUT2D eigenvalue weighted by molar-refractivity contribution is -0.117. The predicted molar refractivity (Wildman–Crippen MR) is 115 cm³/mol. The molecule has 0 spiro atoms. The molecule has 2 heterocycles. The van der Waals surface area contributed by atoms with Gasteiger partial charge in [0, 0.05) is 23.9 Å². The molecule has 3 aromatic rings. The van der Waals surface area contributed by atoms with Crippen LogP contribution in [0.15, 0.2) is 30.6 Å². The molecule has 156 valence electrons. The van der Waals surface area contributed by atoms with E-state index in [1.807, 2.05) is 18.2 Å². The molecule has 30 heavy (non-hydrogen) atoms.